The smallest absolute Gasteiger partial charge is 0.172 e. The van der Waals surface area contributed by atoms with Crippen LogP contribution >= 0.6 is 49.9 Å². The van der Waals surface area contributed by atoms with Gasteiger partial charge in [0, 0.05) is 0 Å². The van der Waals surface area contributed by atoms with Crippen molar-refractivity contribution in [3.8, 4) is 11.5 Å². The first-order valence-electron chi connectivity index (χ1n) is 9.83. The van der Waals surface area contributed by atoms with Crippen LogP contribution in [0.4, 0.5) is 0 Å². The molecule has 0 saturated carbocycles. The lowest BCUT2D eigenvalue weighted by molar-refractivity contribution is 0.400. The van der Waals surface area contributed by atoms with Gasteiger partial charge in [-0.15, -0.1) is 34.0 Å². The highest BCUT2D eigenvalue weighted by molar-refractivity contribution is 9.10. The molecule has 0 spiro atoms. The van der Waals surface area contributed by atoms with E-state index in [-0.39, 0.29) is 45.5 Å². The van der Waals surface area contributed by atoms with Crippen molar-refractivity contribution in [1.29, 1.82) is 0 Å². The number of benzene rings is 2. The fourth-order valence-electron chi connectivity index (χ4n) is 2.99. The van der Waals surface area contributed by atoms with Gasteiger partial charge in [-0.3, -0.25) is 0 Å². The fraction of sp³-hybridized carbons (Fsp3) is 0.455. The van der Waals surface area contributed by atoms with E-state index in [2.05, 4.69) is 56.9 Å². The average molecular weight is 597 g/mol. The Balaban J connectivity index is 0.00000392. The zero-order valence-corrected chi connectivity index (χ0v) is 21.7. The maximum Gasteiger partial charge on any atom is 0.172 e. The first kappa shape index (κ1) is 28.4. The van der Waals surface area contributed by atoms with Crippen LogP contribution in [0.25, 0.3) is 0 Å². The Hall–Kier alpha value is -0.600. The number of halogens is 3. The van der Waals surface area contributed by atoms with E-state index < -0.39 is 0 Å². The molecule has 0 radical (unpaired) electrons. The highest BCUT2D eigenvalue weighted by atomic mass is 79.9. The van der Waals surface area contributed by atoms with Crippen molar-refractivity contribution < 1.29 is 10.2 Å². The van der Waals surface area contributed by atoms with E-state index in [4.69, 9.17) is 0 Å². The maximum atomic E-state index is 9.70. The van der Waals surface area contributed by atoms with Crippen LogP contribution in [0.15, 0.2) is 46.9 Å². The summed E-state index contributed by atoms with van der Waals surface area (Å²) in [7, 11) is 0. The zero-order valence-electron chi connectivity index (χ0n) is 16.7. The third-order valence-electron chi connectivity index (χ3n) is 4.64. The summed E-state index contributed by atoms with van der Waals surface area (Å²) in [5.41, 5.74) is 2.39. The van der Waals surface area contributed by atoms with Gasteiger partial charge in [-0.1, -0.05) is 49.2 Å². The predicted molar refractivity (Wildman–Crippen MR) is 136 cm³/mol. The summed E-state index contributed by atoms with van der Waals surface area (Å²) in [5.74, 6) is -0.169. The number of hydrogen-bond donors (Lipinski definition) is 4. The summed E-state index contributed by atoms with van der Waals surface area (Å²) in [6.07, 6.45) is 6.84. The second-order valence-corrected chi connectivity index (χ2v) is 7.60. The molecular weight excluding hydrogens is 564 g/mol. The molecule has 0 heterocycles. The second kappa shape index (κ2) is 17.1. The molecule has 0 aliphatic rings. The van der Waals surface area contributed by atoms with Crippen molar-refractivity contribution in [2.75, 3.05) is 26.2 Å². The molecule has 2 aromatic rings. The topological polar surface area (TPSA) is 64.5 Å². The molecule has 0 amide bonds. The maximum absolute atomic E-state index is 9.70. The largest absolute Gasteiger partial charge is 0.504 e. The number of rotatable bonds is 13. The molecule has 29 heavy (non-hydrogen) atoms. The predicted octanol–water partition coefficient (Wildman–Crippen LogP) is 5.54. The molecule has 0 unspecified atom stereocenters. The number of aromatic hydroxyl groups is 2. The summed E-state index contributed by atoms with van der Waals surface area (Å²) in [6, 6.07) is 14.0. The summed E-state index contributed by atoms with van der Waals surface area (Å²) < 4.78 is 0.587. The molecule has 0 aromatic heterocycles. The summed E-state index contributed by atoms with van der Waals surface area (Å²) in [4.78, 5) is 0. The van der Waals surface area contributed by atoms with Gasteiger partial charge >= 0.3 is 0 Å². The molecule has 7 heteroatoms. The Kier molecular flexibility index (Phi) is 16.8. The van der Waals surface area contributed by atoms with Gasteiger partial charge in [0.25, 0.3) is 0 Å². The van der Waals surface area contributed by atoms with E-state index in [0.717, 1.165) is 44.6 Å². The Bertz CT molecular complexity index is 673. The van der Waals surface area contributed by atoms with Gasteiger partial charge in [-0.25, -0.2) is 0 Å². The van der Waals surface area contributed by atoms with Gasteiger partial charge in [0.15, 0.2) is 11.5 Å². The van der Waals surface area contributed by atoms with Gasteiger partial charge in [0.1, 0.15) is 0 Å². The van der Waals surface area contributed by atoms with E-state index >= 15 is 0 Å². The molecule has 2 aromatic carbocycles. The number of nitrogens with one attached hydrogen (secondary N) is 2. The molecule has 0 atom stereocenters. The van der Waals surface area contributed by atoms with Gasteiger partial charge < -0.3 is 20.8 Å². The van der Waals surface area contributed by atoms with Crippen molar-refractivity contribution >= 4 is 49.9 Å². The lowest BCUT2D eigenvalue weighted by atomic mass is 10.1. The Morgan fingerprint density at radius 1 is 0.690 bits per heavy atom. The standard InChI is InChI=1S/C22H31BrN2O2.2BrH/c23-21-19(10-11-20(26)22(21)27)13-17-25-15-7-2-1-6-14-24-16-12-18-8-4-3-5-9-18;;/h3-5,8-11,24-27H,1-2,6-7,12-17H2;2*1H. The van der Waals surface area contributed by atoms with Crippen LogP contribution in [0.1, 0.15) is 36.8 Å². The molecule has 4 N–H and O–H groups in total. The third-order valence-corrected chi connectivity index (χ3v) is 5.52. The van der Waals surface area contributed by atoms with Crippen molar-refractivity contribution in [3.63, 3.8) is 0 Å². The van der Waals surface area contributed by atoms with Crippen LogP contribution in [0.5, 0.6) is 11.5 Å². The van der Waals surface area contributed by atoms with Crippen LogP contribution in [0.3, 0.4) is 0 Å². The highest BCUT2D eigenvalue weighted by Crippen LogP contribution is 2.35. The van der Waals surface area contributed by atoms with Crippen LogP contribution < -0.4 is 10.6 Å². The Morgan fingerprint density at radius 2 is 1.28 bits per heavy atom. The third kappa shape index (κ3) is 11.4. The van der Waals surface area contributed by atoms with Crippen molar-refractivity contribution in [3.05, 3.63) is 58.1 Å². The van der Waals surface area contributed by atoms with Crippen LogP contribution in [0.2, 0.25) is 0 Å². The molecule has 0 fully saturated rings. The van der Waals surface area contributed by atoms with Gasteiger partial charge in [-0.2, -0.15) is 0 Å². The highest BCUT2D eigenvalue weighted by Gasteiger charge is 2.08. The van der Waals surface area contributed by atoms with Crippen molar-refractivity contribution in [2.45, 2.75) is 38.5 Å². The first-order valence-corrected chi connectivity index (χ1v) is 10.6. The monoisotopic (exact) mass is 594 g/mol. The quantitative estimate of drug-likeness (QED) is 0.181. The number of hydrogen-bond acceptors (Lipinski definition) is 4. The Morgan fingerprint density at radius 3 is 1.90 bits per heavy atom. The van der Waals surface area contributed by atoms with E-state index in [9.17, 15) is 10.2 Å². The van der Waals surface area contributed by atoms with E-state index in [0.29, 0.717) is 4.47 Å². The van der Waals surface area contributed by atoms with E-state index in [1.165, 1.54) is 37.3 Å². The number of phenols is 2. The molecule has 0 saturated heterocycles. The van der Waals surface area contributed by atoms with Crippen molar-refractivity contribution in [1.82, 2.24) is 10.6 Å². The van der Waals surface area contributed by atoms with E-state index in [1.807, 2.05) is 6.07 Å². The minimum Gasteiger partial charge on any atom is -0.504 e. The van der Waals surface area contributed by atoms with Gasteiger partial charge in [0.2, 0.25) is 0 Å². The van der Waals surface area contributed by atoms with Gasteiger partial charge in [0.05, 0.1) is 4.47 Å². The molecule has 164 valence electrons. The van der Waals surface area contributed by atoms with Gasteiger partial charge in [-0.05, 0) is 85.0 Å². The number of phenolic OH excluding ortho intramolecular Hbond substituents is 2. The first-order chi connectivity index (χ1) is 13.2. The summed E-state index contributed by atoms with van der Waals surface area (Å²) in [6.45, 7) is 4.03. The fourth-order valence-corrected chi connectivity index (χ4v) is 3.53. The lowest BCUT2D eigenvalue weighted by Crippen LogP contribution is -2.19. The summed E-state index contributed by atoms with van der Waals surface area (Å²) in [5, 5.41) is 26.1. The van der Waals surface area contributed by atoms with Crippen LogP contribution in [-0.2, 0) is 12.8 Å². The molecule has 4 nitrogen and oxygen atoms in total. The van der Waals surface area contributed by atoms with Crippen LogP contribution in [-0.4, -0.2) is 36.4 Å². The Labute approximate surface area is 204 Å². The minimum atomic E-state index is -0.0897. The normalized spacial score (nSPS) is 10.2. The van der Waals surface area contributed by atoms with E-state index in [1.54, 1.807) is 0 Å². The average Bonchev–Trinajstić information content (AvgIpc) is 2.69. The molecule has 0 aliphatic heterocycles. The molecule has 0 aliphatic carbocycles. The number of unbranched alkanes of at least 4 members (excludes halogenated alkanes) is 3. The minimum absolute atomic E-state index is 0. The van der Waals surface area contributed by atoms with Crippen molar-refractivity contribution in [2.24, 2.45) is 0 Å². The van der Waals surface area contributed by atoms with Crippen LogP contribution in [0, 0.1) is 0 Å². The SMILES string of the molecule is Br.Br.Oc1ccc(CCNCCCCCCNCCc2ccccc2)c(Br)c1O. The molecular formula is C22H33Br3N2O2. The molecule has 2 rings (SSSR count). The lowest BCUT2D eigenvalue weighted by Gasteiger charge is -2.09. The second-order valence-electron chi connectivity index (χ2n) is 6.81. The zero-order chi connectivity index (χ0) is 19.3. The molecule has 0 bridgehead atoms. The summed E-state index contributed by atoms with van der Waals surface area (Å²) >= 11 is 3.33.